The lowest BCUT2D eigenvalue weighted by atomic mass is 10.1. The number of halogens is 2. The first-order valence-electron chi connectivity index (χ1n) is 7.14. The highest BCUT2D eigenvalue weighted by molar-refractivity contribution is 9.10. The first-order chi connectivity index (χ1) is 11.5. The monoisotopic (exact) mass is 486 g/mol. The lowest BCUT2D eigenvalue weighted by Crippen LogP contribution is -2.16. The second kappa shape index (κ2) is 9.70. The van der Waals surface area contributed by atoms with E-state index in [0.717, 1.165) is 18.7 Å². The van der Waals surface area contributed by atoms with Crippen molar-refractivity contribution in [3.8, 4) is 0 Å². The van der Waals surface area contributed by atoms with Crippen LogP contribution in [0, 0.1) is 5.92 Å². The van der Waals surface area contributed by atoms with E-state index in [1.54, 1.807) is 23.5 Å². The lowest BCUT2D eigenvalue weighted by Gasteiger charge is -2.16. The second-order valence-electron chi connectivity index (χ2n) is 5.06. The average Bonchev–Trinajstić information content (AvgIpc) is 2.57. The molecule has 0 unspecified atom stereocenters. The highest BCUT2D eigenvalue weighted by Gasteiger charge is 2.19. The summed E-state index contributed by atoms with van der Waals surface area (Å²) in [6.45, 7) is 3.77. The van der Waals surface area contributed by atoms with Gasteiger partial charge < -0.3 is 5.11 Å². The number of carboxylic acid groups (broad SMARTS) is 1. The molecule has 0 atom stereocenters. The topological polar surface area (TPSA) is 37.3 Å². The van der Waals surface area contributed by atoms with Crippen molar-refractivity contribution < 1.29 is 9.90 Å². The molecule has 2 nitrogen and oxygen atoms in total. The van der Waals surface area contributed by atoms with Crippen LogP contribution in [0.4, 0.5) is 0 Å². The summed E-state index contributed by atoms with van der Waals surface area (Å²) in [5.74, 6) is 0.365. The first kappa shape index (κ1) is 19.6. The zero-order valence-electron chi connectivity index (χ0n) is 12.7. The van der Waals surface area contributed by atoms with Gasteiger partial charge in [0.25, 0.3) is 0 Å². The normalized spacial score (nSPS) is 10.8. The van der Waals surface area contributed by atoms with E-state index in [1.165, 1.54) is 0 Å². The molecular formula is C18H16Br2O2S2. The van der Waals surface area contributed by atoms with E-state index in [-0.39, 0.29) is 11.5 Å². The molecule has 0 saturated carbocycles. The summed E-state index contributed by atoms with van der Waals surface area (Å²) >= 11 is 10.1. The summed E-state index contributed by atoms with van der Waals surface area (Å²) in [6.07, 6.45) is 0. The van der Waals surface area contributed by atoms with Crippen molar-refractivity contribution in [1.29, 1.82) is 0 Å². The molecule has 0 aromatic heterocycles. The Labute approximate surface area is 167 Å². The molecule has 2 rings (SSSR count). The molecule has 0 radical (unpaired) electrons. The van der Waals surface area contributed by atoms with Crippen LogP contribution in [0.3, 0.4) is 0 Å². The maximum absolute atomic E-state index is 11.3. The van der Waals surface area contributed by atoms with Crippen LogP contribution >= 0.6 is 55.4 Å². The van der Waals surface area contributed by atoms with Crippen LogP contribution in [0.15, 0.2) is 79.4 Å². The summed E-state index contributed by atoms with van der Waals surface area (Å²) in [6, 6.07) is 16.0. The standard InChI is InChI=1S/C18H16Br2O2S2/c1-12(18(21)22)13(10-23-16-6-2-14(19)3-7-16)11-24-17-8-4-15(20)5-9-17/h2-9,13H,1,10-11H2,(H,21,22). The fraction of sp³-hybridized carbons (Fsp3) is 0.167. The first-order valence-corrected chi connectivity index (χ1v) is 10.7. The van der Waals surface area contributed by atoms with Crippen molar-refractivity contribution in [3.63, 3.8) is 0 Å². The van der Waals surface area contributed by atoms with Gasteiger partial charge in [0, 0.05) is 41.7 Å². The summed E-state index contributed by atoms with van der Waals surface area (Å²) in [4.78, 5) is 13.6. The van der Waals surface area contributed by atoms with Crippen molar-refractivity contribution in [1.82, 2.24) is 0 Å². The highest BCUT2D eigenvalue weighted by atomic mass is 79.9. The van der Waals surface area contributed by atoms with Crippen LogP contribution in [0.5, 0.6) is 0 Å². The van der Waals surface area contributed by atoms with Gasteiger partial charge in [0.1, 0.15) is 0 Å². The van der Waals surface area contributed by atoms with E-state index in [9.17, 15) is 9.90 Å². The molecular weight excluding hydrogens is 472 g/mol. The molecule has 126 valence electrons. The van der Waals surface area contributed by atoms with Gasteiger partial charge in [0.05, 0.1) is 0 Å². The summed E-state index contributed by atoms with van der Waals surface area (Å²) in [5.41, 5.74) is 0.268. The predicted molar refractivity (Wildman–Crippen MR) is 110 cm³/mol. The van der Waals surface area contributed by atoms with E-state index in [4.69, 9.17) is 0 Å². The van der Waals surface area contributed by atoms with Crippen molar-refractivity contribution in [2.75, 3.05) is 11.5 Å². The van der Waals surface area contributed by atoms with Gasteiger partial charge >= 0.3 is 5.97 Å². The molecule has 2 aromatic carbocycles. The zero-order valence-corrected chi connectivity index (χ0v) is 17.6. The fourth-order valence-electron chi connectivity index (χ4n) is 1.88. The van der Waals surface area contributed by atoms with Crippen molar-refractivity contribution in [3.05, 3.63) is 69.6 Å². The van der Waals surface area contributed by atoms with Gasteiger partial charge in [-0.25, -0.2) is 4.79 Å². The van der Waals surface area contributed by atoms with E-state index >= 15 is 0 Å². The molecule has 0 amide bonds. The number of thioether (sulfide) groups is 2. The van der Waals surface area contributed by atoms with Crippen LogP contribution in [-0.4, -0.2) is 22.6 Å². The van der Waals surface area contributed by atoms with Gasteiger partial charge in [-0.15, -0.1) is 23.5 Å². The maximum Gasteiger partial charge on any atom is 0.331 e. The van der Waals surface area contributed by atoms with Crippen molar-refractivity contribution in [2.45, 2.75) is 9.79 Å². The molecule has 0 heterocycles. The van der Waals surface area contributed by atoms with Gasteiger partial charge in [-0.05, 0) is 48.5 Å². The SMILES string of the molecule is C=C(C(=O)O)C(CSc1ccc(Br)cc1)CSc1ccc(Br)cc1. The molecule has 0 spiro atoms. The minimum atomic E-state index is -0.923. The minimum absolute atomic E-state index is 0.0928. The Balaban J connectivity index is 1.98. The lowest BCUT2D eigenvalue weighted by molar-refractivity contribution is -0.133. The van der Waals surface area contributed by atoms with E-state index in [0.29, 0.717) is 11.5 Å². The van der Waals surface area contributed by atoms with Gasteiger partial charge in [-0.1, -0.05) is 38.4 Å². The number of carbonyl (C=O) groups is 1. The summed E-state index contributed by atoms with van der Waals surface area (Å²) in [5, 5.41) is 9.29. The Morgan fingerprint density at radius 1 is 0.917 bits per heavy atom. The van der Waals surface area contributed by atoms with E-state index in [1.807, 2.05) is 48.5 Å². The van der Waals surface area contributed by atoms with Crippen LogP contribution in [0.1, 0.15) is 0 Å². The molecule has 0 aliphatic carbocycles. The van der Waals surface area contributed by atoms with Gasteiger partial charge in [0.2, 0.25) is 0 Å². The molecule has 1 N–H and O–H groups in total. The third-order valence-electron chi connectivity index (χ3n) is 3.30. The van der Waals surface area contributed by atoms with Crippen molar-refractivity contribution >= 4 is 61.4 Å². The smallest absolute Gasteiger partial charge is 0.331 e. The molecule has 2 aromatic rings. The third kappa shape index (κ3) is 6.31. The van der Waals surface area contributed by atoms with Gasteiger partial charge in [-0.2, -0.15) is 0 Å². The number of carboxylic acids is 1. The largest absolute Gasteiger partial charge is 0.478 e. The molecule has 0 aliphatic heterocycles. The van der Waals surface area contributed by atoms with E-state index in [2.05, 4.69) is 38.4 Å². The molecule has 0 fully saturated rings. The molecule has 6 heteroatoms. The average molecular weight is 488 g/mol. The summed E-state index contributed by atoms with van der Waals surface area (Å²) in [7, 11) is 0. The Hall–Kier alpha value is -0.690. The summed E-state index contributed by atoms with van der Waals surface area (Å²) < 4.78 is 2.06. The van der Waals surface area contributed by atoms with Crippen molar-refractivity contribution in [2.24, 2.45) is 5.92 Å². The number of hydrogen-bond acceptors (Lipinski definition) is 3. The number of rotatable bonds is 8. The zero-order chi connectivity index (χ0) is 17.5. The third-order valence-corrected chi connectivity index (χ3v) is 6.70. The number of hydrogen-bond donors (Lipinski definition) is 1. The predicted octanol–water partition coefficient (Wildman–Crippen LogP) is 6.35. The van der Waals surface area contributed by atoms with E-state index < -0.39 is 5.97 Å². The van der Waals surface area contributed by atoms with Crippen LogP contribution in [-0.2, 0) is 4.79 Å². The Kier molecular flexibility index (Phi) is 7.94. The van der Waals surface area contributed by atoms with Gasteiger partial charge in [-0.3, -0.25) is 0 Å². The fourth-order valence-corrected chi connectivity index (χ4v) is 4.64. The Morgan fingerprint density at radius 2 is 1.29 bits per heavy atom. The Morgan fingerprint density at radius 3 is 1.62 bits per heavy atom. The molecule has 0 bridgehead atoms. The van der Waals surface area contributed by atoms with Crippen LogP contribution in [0.25, 0.3) is 0 Å². The second-order valence-corrected chi connectivity index (χ2v) is 9.08. The quantitative estimate of drug-likeness (QED) is 0.347. The van der Waals surface area contributed by atoms with Crippen LogP contribution < -0.4 is 0 Å². The maximum atomic E-state index is 11.3. The highest BCUT2D eigenvalue weighted by Crippen LogP contribution is 2.30. The molecule has 24 heavy (non-hydrogen) atoms. The Bertz CT molecular complexity index is 650. The van der Waals surface area contributed by atoms with Gasteiger partial charge in [0.15, 0.2) is 0 Å². The number of benzene rings is 2. The molecule has 0 aliphatic rings. The van der Waals surface area contributed by atoms with Crippen LogP contribution in [0.2, 0.25) is 0 Å². The molecule has 0 saturated heterocycles. The number of aliphatic carboxylic acids is 1. The minimum Gasteiger partial charge on any atom is -0.478 e.